The minimum atomic E-state index is -3.53. The molecule has 0 amide bonds. The van der Waals surface area contributed by atoms with Gasteiger partial charge >= 0.3 is 5.97 Å². The molecule has 0 aliphatic heterocycles. The van der Waals surface area contributed by atoms with Gasteiger partial charge in [-0.3, -0.25) is 0 Å². The normalized spacial score (nSPS) is 11.2. The lowest BCUT2D eigenvalue weighted by molar-refractivity contribution is 0.0690. The summed E-state index contributed by atoms with van der Waals surface area (Å²) in [6, 6.07) is 10.9. The van der Waals surface area contributed by atoms with Gasteiger partial charge in [0.1, 0.15) is 5.69 Å². The van der Waals surface area contributed by atoms with E-state index in [0.717, 1.165) is 5.56 Å². The van der Waals surface area contributed by atoms with Gasteiger partial charge in [0.05, 0.1) is 16.3 Å². The maximum atomic E-state index is 12.2. The van der Waals surface area contributed by atoms with Crippen molar-refractivity contribution in [3.63, 3.8) is 0 Å². The molecule has 20 heavy (non-hydrogen) atoms. The molecule has 1 heterocycles. The fraction of sp³-hybridized carbons (Fsp3) is 0.143. The van der Waals surface area contributed by atoms with Crippen LogP contribution in [0.1, 0.15) is 21.7 Å². The van der Waals surface area contributed by atoms with E-state index in [9.17, 15) is 13.2 Å². The smallest absolute Gasteiger partial charge is 0.354 e. The monoisotopic (exact) mass is 291 g/mol. The number of aromatic nitrogens is 1. The zero-order valence-electron chi connectivity index (χ0n) is 10.8. The number of carboxylic acid groups (broad SMARTS) is 1. The van der Waals surface area contributed by atoms with Gasteiger partial charge in [-0.15, -0.1) is 0 Å². The number of rotatable bonds is 4. The van der Waals surface area contributed by atoms with Crippen LogP contribution in [0.4, 0.5) is 0 Å². The van der Waals surface area contributed by atoms with Gasteiger partial charge < -0.3 is 5.11 Å². The van der Waals surface area contributed by atoms with Crippen molar-refractivity contribution in [1.29, 1.82) is 0 Å². The van der Waals surface area contributed by atoms with Crippen LogP contribution in [-0.2, 0) is 15.6 Å². The van der Waals surface area contributed by atoms with Crippen molar-refractivity contribution in [3.8, 4) is 0 Å². The van der Waals surface area contributed by atoms with Gasteiger partial charge in [0, 0.05) is 0 Å². The molecule has 0 saturated heterocycles. The van der Waals surface area contributed by atoms with Crippen molar-refractivity contribution in [3.05, 3.63) is 59.4 Å². The maximum Gasteiger partial charge on any atom is 0.354 e. The Balaban J connectivity index is 2.33. The van der Waals surface area contributed by atoms with Gasteiger partial charge in [0.15, 0.2) is 9.84 Å². The Labute approximate surface area is 116 Å². The first kappa shape index (κ1) is 14.2. The molecule has 0 aliphatic carbocycles. The van der Waals surface area contributed by atoms with E-state index in [0.29, 0.717) is 0 Å². The number of hydrogen-bond acceptors (Lipinski definition) is 4. The summed E-state index contributed by atoms with van der Waals surface area (Å²) in [7, 11) is -3.53. The Hall–Kier alpha value is -2.21. The Bertz CT molecular complexity index is 753. The van der Waals surface area contributed by atoms with E-state index in [1.807, 2.05) is 13.0 Å². The van der Waals surface area contributed by atoms with Crippen molar-refractivity contribution < 1.29 is 18.3 Å². The number of carboxylic acids is 1. The summed E-state index contributed by atoms with van der Waals surface area (Å²) >= 11 is 0. The van der Waals surface area contributed by atoms with E-state index in [1.54, 1.807) is 12.1 Å². The van der Waals surface area contributed by atoms with Crippen LogP contribution in [0, 0.1) is 6.92 Å². The highest BCUT2D eigenvalue weighted by atomic mass is 32.2. The quantitative estimate of drug-likeness (QED) is 0.932. The van der Waals surface area contributed by atoms with Gasteiger partial charge in [-0.2, -0.15) is 0 Å². The van der Waals surface area contributed by atoms with Crippen molar-refractivity contribution in [2.45, 2.75) is 17.6 Å². The molecule has 2 aromatic rings. The number of sulfone groups is 1. The Morgan fingerprint density at radius 2 is 1.90 bits per heavy atom. The summed E-state index contributed by atoms with van der Waals surface area (Å²) in [5, 5.41) is 8.85. The molecule has 0 bridgehead atoms. The second-order valence-electron chi connectivity index (χ2n) is 4.39. The molecule has 0 saturated carbocycles. The summed E-state index contributed by atoms with van der Waals surface area (Å²) in [6.45, 7) is 1.81. The third-order valence-electron chi connectivity index (χ3n) is 2.71. The van der Waals surface area contributed by atoms with Crippen LogP contribution in [0.25, 0.3) is 0 Å². The van der Waals surface area contributed by atoms with Crippen molar-refractivity contribution in [2.75, 3.05) is 0 Å². The minimum absolute atomic E-state index is 0.165. The first-order valence-corrected chi connectivity index (χ1v) is 7.52. The fourth-order valence-corrected chi connectivity index (χ4v) is 3.13. The highest BCUT2D eigenvalue weighted by molar-refractivity contribution is 7.90. The Kier molecular flexibility index (Phi) is 3.85. The summed E-state index contributed by atoms with van der Waals surface area (Å²) < 4.78 is 24.5. The third kappa shape index (κ3) is 3.21. The standard InChI is InChI=1S/C14H13NO4S/c1-10-4-2-6-12(8-10)20(18,19)9-11-5-3-7-13(15-11)14(16)17/h2-8H,9H2,1H3,(H,16,17). The molecule has 0 aliphatic rings. The van der Waals surface area contributed by atoms with Crippen LogP contribution in [0.3, 0.4) is 0 Å². The molecule has 1 N–H and O–H groups in total. The van der Waals surface area contributed by atoms with Gasteiger partial charge in [0.2, 0.25) is 0 Å². The van der Waals surface area contributed by atoms with Gasteiger partial charge in [-0.1, -0.05) is 18.2 Å². The summed E-state index contributed by atoms with van der Waals surface area (Å²) in [5.74, 6) is -1.50. The summed E-state index contributed by atoms with van der Waals surface area (Å²) in [6.07, 6.45) is 0. The molecule has 5 nitrogen and oxygen atoms in total. The largest absolute Gasteiger partial charge is 0.477 e. The minimum Gasteiger partial charge on any atom is -0.477 e. The summed E-state index contributed by atoms with van der Waals surface area (Å²) in [4.78, 5) is 14.9. The molecule has 0 spiro atoms. The highest BCUT2D eigenvalue weighted by Gasteiger charge is 2.17. The average Bonchev–Trinajstić information content (AvgIpc) is 2.38. The molecular weight excluding hydrogens is 278 g/mol. The van der Waals surface area contributed by atoms with Crippen molar-refractivity contribution in [1.82, 2.24) is 4.98 Å². The molecule has 0 unspecified atom stereocenters. The van der Waals surface area contributed by atoms with Crippen molar-refractivity contribution >= 4 is 15.8 Å². The second-order valence-corrected chi connectivity index (χ2v) is 6.38. The lowest BCUT2D eigenvalue weighted by Crippen LogP contribution is -2.09. The van der Waals surface area contributed by atoms with Crippen LogP contribution in [-0.4, -0.2) is 24.5 Å². The van der Waals surface area contributed by atoms with Gasteiger partial charge in [-0.05, 0) is 36.8 Å². The number of nitrogens with zero attached hydrogens (tertiary/aromatic N) is 1. The molecule has 104 valence electrons. The van der Waals surface area contributed by atoms with E-state index in [1.165, 1.54) is 24.3 Å². The first-order valence-electron chi connectivity index (χ1n) is 5.87. The van der Waals surface area contributed by atoms with Crippen LogP contribution in [0.2, 0.25) is 0 Å². The van der Waals surface area contributed by atoms with Gasteiger partial charge in [-0.25, -0.2) is 18.2 Å². The number of hydrogen-bond donors (Lipinski definition) is 1. The van der Waals surface area contributed by atoms with Crippen molar-refractivity contribution in [2.24, 2.45) is 0 Å². The van der Waals surface area contributed by atoms with Crippen LogP contribution in [0.5, 0.6) is 0 Å². The second kappa shape index (κ2) is 5.42. The highest BCUT2D eigenvalue weighted by Crippen LogP contribution is 2.16. The summed E-state index contributed by atoms with van der Waals surface area (Å²) in [5.41, 5.74) is 0.895. The number of aryl methyl sites for hydroxylation is 1. The average molecular weight is 291 g/mol. The van der Waals surface area contributed by atoms with E-state index in [2.05, 4.69) is 4.98 Å². The molecule has 1 aromatic carbocycles. The van der Waals surface area contributed by atoms with Crippen LogP contribution < -0.4 is 0 Å². The zero-order chi connectivity index (χ0) is 14.8. The molecular formula is C14H13NO4S. The SMILES string of the molecule is Cc1cccc(S(=O)(=O)Cc2cccc(C(=O)O)n2)c1. The van der Waals surface area contributed by atoms with E-state index < -0.39 is 15.8 Å². The molecule has 6 heteroatoms. The number of pyridine rings is 1. The van der Waals surface area contributed by atoms with Crippen LogP contribution in [0.15, 0.2) is 47.4 Å². The predicted octanol–water partition coefficient (Wildman–Crippen LogP) is 2.06. The Morgan fingerprint density at radius 3 is 2.55 bits per heavy atom. The van der Waals surface area contributed by atoms with E-state index in [-0.39, 0.29) is 22.0 Å². The lowest BCUT2D eigenvalue weighted by Gasteiger charge is -2.05. The van der Waals surface area contributed by atoms with E-state index in [4.69, 9.17) is 5.11 Å². The first-order chi connectivity index (χ1) is 9.38. The molecule has 2 rings (SSSR count). The molecule has 1 aromatic heterocycles. The van der Waals surface area contributed by atoms with Crippen LogP contribution >= 0.6 is 0 Å². The third-order valence-corrected chi connectivity index (χ3v) is 4.36. The molecule has 0 atom stereocenters. The van der Waals surface area contributed by atoms with Gasteiger partial charge in [0.25, 0.3) is 0 Å². The number of aromatic carboxylic acids is 1. The zero-order valence-corrected chi connectivity index (χ0v) is 11.6. The molecule has 0 fully saturated rings. The molecule has 0 radical (unpaired) electrons. The predicted molar refractivity (Wildman–Crippen MR) is 73.3 cm³/mol. The fourth-order valence-electron chi connectivity index (χ4n) is 1.77. The Morgan fingerprint density at radius 1 is 1.20 bits per heavy atom. The topological polar surface area (TPSA) is 84.3 Å². The lowest BCUT2D eigenvalue weighted by atomic mass is 10.2. The maximum absolute atomic E-state index is 12.2. The van der Waals surface area contributed by atoms with E-state index >= 15 is 0 Å². The number of benzene rings is 1. The number of carbonyl (C=O) groups is 1.